The van der Waals surface area contributed by atoms with E-state index in [-0.39, 0.29) is 23.0 Å². The molecule has 7 nitrogen and oxygen atoms in total. The van der Waals surface area contributed by atoms with Gasteiger partial charge < -0.3 is 9.47 Å². The number of benzene rings is 2. The van der Waals surface area contributed by atoms with Crippen LogP contribution in [0.2, 0.25) is 5.02 Å². The van der Waals surface area contributed by atoms with Crippen LogP contribution in [-0.4, -0.2) is 30.5 Å². The largest absolute Gasteiger partial charge is 0.476 e. The number of anilines is 1. The Hall–Kier alpha value is -2.84. The lowest BCUT2D eigenvalue weighted by Gasteiger charge is -2.16. The van der Waals surface area contributed by atoms with E-state index < -0.39 is 23.9 Å². The molecule has 1 atom stereocenters. The number of ether oxygens (including phenoxy) is 2. The van der Waals surface area contributed by atoms with Crippen molar-refractivity contribution in [1.82, 2.24) is 5.43 Å². The van der Waals surface area contributed by atoms with Crippen LogP contribution in [0.1, 0.15) is 19.4 Å². The van der Waals surface area contributed by atoms with Gasteiger partial charge in [0.05, 0.1) is 21.8 Å². The minimum absolute atomic E-state index is 0.0321. The number of carbonyl (C=O) groups is 3. The number of nitrogens with zero attached hydrogens (tertiary/aromatic N) is 1. The van der Waals surface area contributed by atoms with Crippen LogP contribution in [-0.2, 0) is 19.1 Å². The number of para-hydroxylation sites is 1. The molecule has 2 aromatic carbocycles. The SMILES string of the molecule is CCOC(=O)C(C)Oc1c(Cl)cc(C=C2C(=O)NN(c3ccccc3)C2=O)cc1Br. The minimum Gasteiger partial charge on any atom is -0.476 e. The van der Waals surface area contributed by atoms with E-state index in [1.54, 1.807) is 44.2 Å². The second-order valence-corrected chi connectivity index (χ2v) is 7.56. The van der Waals surface area contributed by atoms with E-state index in [1.165, 1.54) is 17.2 Å². The Balaban J connectivity index is 1.85. The molecule has 0 aliphatic carbocycles. The van der Waals surface area contributed by atoms with Gasteiger partial charge in [0.15, 0.2) is 11.9 Å². The molecule has 1 aliphatic rings. The van der Waals surface area contributed by atoms with Crippen LogP contribution in [0.5, 0.6) is 5.75 Å². The van der Waals surface area contributed by atoms with Crippen LogP contribution in [0.15, 0.2) is 52.5 Å². The maximum atomic E-state index is 12.7. The fourth-order valence-corrected chi connectivity index (χ4v) is 3.70. The number of nitrogens with one attached hydrogen (secondary N) is 1. The highest BCUT2D eigenvalue weighted by Crippen LogP contribution is 2.36. The molecular weight excluding hydrogens is 476 g/mol. The average molecular weight is 494 g/mol. The number of carbonyl (C=O) groups excluding carboxylic acids is 3. The topological polar surface area (TPSA) is 84.9 Å². The number of esters is 1. The van der Waals surface area contributed by atoms with Gasteiger partial charge in [0.25, 0.3) is 11.8 Å². The summed E-state index contributed by atoms with van der Waals surface area (Å²) in [4.78, 5) is 36.8. The summed E-state index contributed by atoms with van der Waals surface area (Å²) in [6, 6.07) is 12.0. The first-order valence-electron chi connectivity index (χ1n) is 9.06. The predicted molar refractivity (Wildman–Crippen MR) is 116 cm³/mol. The van der Waals surface area contributed by atoms with E-state index in [0.29, 0.717) is 15.7 Å². The van der Waals surface area contributed by atoms with Gasteiger partial charge in [0.2, 0.25) is 0 Å². The summed E-state index contributed by atoms with van der Waals surface area (Å²) in [6.45, 7) is 3.50. The first-order valence-corrected chi connectivity index (χ1v) is 10.2. The Morgan fingerprint density at radius 3 is 2.60 bits per heavy atom. The maximum Gasteiger partial charge on any atom is 0.347 e. The third kappa shape index (κ3) is 4.66. The Bertz CT molecular complexity index is 1000. The quantitative estimate of drug-likeness (QED) is 0.375. The molecule has 30 heavy (non-hydrogen) atoms. The molecule has 0 spiro atoms. The van der Waals surface area contributed by atoms with Crippen molar-refractivity contribution in [2.75, 3.05) is 11.6 Å². The van der Waals surface area contributed by atoms with E-state index >= 15 is 0 Å². The Kier molecular flexibility index (Phi) is 6.79. The summed E-state index contributed by atoms with van der Waals surface area (Å²) in [5.41, 5.74) is 3.57. The van der Waals surface area contributed by atoms with Crippen LogP contribution >= 0.6 is 27.5 Å². The highest BCUT2D eigenvalue weighted by atomic mass is 79.9. The van der Waals surface area contributed by atoms with Crippen molar-refractivity contribution in [2.24, 2.45) is 0 Å². The van der Waals surface area contributed by atoms with Crippen molar-refractivity contribution >= 4 is 57.1 Å². The van der Waals surface area contributed by atoms with Gasteiger partial charge in [-0.05, 0) is 65.7 Å². The molecule has 1 heterocycles. The highest BCUT2D eigenvalue weighted by Gasteiger charge is 2.34. The zero-order chi connectivity index (χ0) is 21.8. The number of hydrogen-bond donors (Lipinski definition) is 1. The average Bonchev–Trinajstić information content (AvgIpc) is 2.99. The molecule has 3 rings (SSSR count). The molecule has 156 valence electrons. The fraction of sp³-hybridized carbons (Fsp3) is 0.190. The van der Waals surface area contributed by atoms with Gasteiger partial charge >= 0.3 is 5.97 Å². The number of hydrogen-bond acceptors (Lipinski definition) is 5. The van der Waals surface area contributed by atoms with Gasteiger partial charge in [-0.1, -0.05) is 29.8 Å². The first-order chi connectivity index (χ1) is 14.3. The Morgan fingerprint density at radius 1 is 1.27 bits per heavy atom. The van der Waals surface area contributed by atoms with Gasteiger partial charge in [0, 0.05) is 0 Å². The van der Waals surface area contributed by atoms with Crippen molar-refractivity contribution in [3.63, 3.8) is 0 Å². The molecule has 1 saturated heterocycles. The number of amides is 2. The molecule has 9 heteroatoms. The van der Waals surface area contributed by atoms with Crippen molar-refractivity contribution in [2.45, 2.75) is 20.0 Å². The molecular formula is C21H18BrClN2O5. The molecule has 1 unspecified atom stereocenters. The van der Waals surface area contributed by atoms with Gasteiger partial charge in [-0.3, -0.25) is 15.0 Å². The van der Waals surface area contributed by atoms with Crippen molar-refractivity contribution < 1.29 is 23.9 Å². The molecule has 1 fully saturated rings. The van der Waals surface area contributed by atoms with Crippen molar-refractivity contribution in [1.29, 1.82) is 0 Å². The third-order valence-corrected chi connectivity index (χ3v) is 5.02. The molecule has 0 aromatic heterocycles. The van der Waals surface area contributed by atoms with E-state index in [0.717, 1.165) is 0 Å². The summed E-state index contributed by atoms with van der Waals surface area (Å²) in [5, 5.41) is 1.39. The van der Waals surface area contributed by atoms with Crippen LogP contribution in [0, 0.1) is 0 Å². The van der Waals surface area contributed by atoms with E-state index in [4.69, 9.17) is 21.1 Å². The van der Waals surface area contributed by atoms with E-state index in [2.05, 4.69) is 21.4 Å². The molecule has 1 N–H and O–H groups in total. The normalized spacial score (nSPS) is 15.9. The molecule has 0 saturated carbocycles. The second-order valence-electron chi connectivity index (χ2n) is 6.30. The van der Waals surface area contributed by atoms with Gasteiger partial charge in [-0.15, -0.1) is 0 Å². The molecule has 2 aromatic rings. The standard InChI is InChI=1S/C21H18BrClN2O5/c1-3-29-21(28)12(2)30-18-16(22)10-13(11-17(18)23)9-15-19(26)24-25(20(15)27)14-7-5-4-6-8-14/h4-12H,3H2,1-2H3,(H,24,26). The molecule has 0 radical (unpaired) electrons. The van der Waals surface area contributed by atoms with Gasteiger partial charge in [-0.25, -0.2) is 9.80 Å². The van der Waals surface area contributed by atoms with E-state index in [9.17, 15) is 14.4 Å². The van der Waals surface area contributed by atoms with Crippen LogP contribution in [0.3, 0.4) is 0 Å². The Morgan fingerprint density at radius 2 is 1.97 bits per heavy atom. The van der Waals surface area contributed by atoms with Gasteiger partial charge in [-0.2, -0.15) is 0 Å². The summed E-state index contributed by atoms with van der Waals surface area (Å²) in [7, 11) is 0. The zero-order valence-electron chi connectivity index (χ0n) is 16.1. The zero-order valence-corrected chi connectivity index (χ0v) is 18.5. The lowest BCUT2D eigenvalue weighted by molar-refractivity contribution is -0.150. The van der Waals surface area contributed by atoms with Crippen molar-refractivity contribution in [3.8, 4) is 5.75 Å². The smallest absolute Gasteiger partial charge is 0.347 e. The highest BCUT2D eigenvalue weighted by molar-refractivity contribution is 9.10. The number of hydrazine groups is 1. The lowest BCUT2D eigenvalue weighted by Crippen LogP contribution is -2.35. The number of rotatable bonds is 6. The molecule has 2 amide bonds. The summed E-state index contributed by atoms with van der Waals surface area (Å²) < 4.78 is 11.0. The van der Waals surface area contributed by atoms with E-state index in [1.807, 2.05) is 6.07 Å². The maximum absolute atomic E-state index is 12.7. The summed E-state index contributed by atoms with van der Waals surface area (Å²) >= 11 is 9.67. The third-order valence-electron chi connectivity index (χ3n) is 4.15. The fourth-order valence-electron chi connectivity index (χ4n) is 2.74. The second kappa shape index (κ2) is 9.32. The van der Waals surface area contributed by atoms with Crippen molar-refractivity contribution in [3.05, 3.63) is 63.1 Å². The van der Waals surface area contributed by atoms with Gasteiger partial charge in [0.1, 0.15) is 5.57 Å². The minimum atomic E-state index is -0.857. The molecule has 0 bridgehead atoms. The predicted octanol–water partition coefficient (Wildman–Crippen LogP) is 3.89. The monoisotopic (exact) mass is 492 g/mol. The Labute approximate surface area is 186 Å². The molecule has 1 aliphatic heterocycles. The first kappa shape index (κ1) is 21.9. The summed E-state index contributed by atoms with van der Waals surface area (Å²) in [6.07, 6.45) is 0.583. The van der Waals surface area contributed by atoms with Crippen LogP contribution in [0.25, 0.3) is 6.08 Å². The lowest BCUT2D eigenvalue weighted by atomic mass is 10.1. The number of halogens is 2. The summed E-state index contributed by atoms with van der Waals surface area (Å²) in [5.74, 6) is -1.25. The van der Waals surface area contributed by atoms with Crippen LogP contribution in [0.4, 0.5) is 5.69 Å². The van der Waals surface area contributed by atoms with Crippen LogP contribution < -0.4 is 15.2 Å².